The summed E-state index contributed by atoms with van der Waals surface area (Å²) in [5, 5.41) is -0.731. The van der Waals surface area contributed by atoms with Crippen LogP contribution in [-0.2, 0) is 13.3 Å². The van der Waals surface area contributed by atoms with Crippen molar-refractivity contribution < 1.29 is 13.3 Å². The van der Waals surface area contributed by atoms with Crippen LogP contribution in [0.3, 0.4) is 0 Å². The predicted molar refractivity (Wildman–Crippen MR) is 92.7 cm³/mol. The molecule has 120 valence electrons. The van der Waals surface area contributed by atoms with E-state index in [0.29, 0.717) is 0 Å². The first-order valence-corrected chi connectivity index (χ1v) is 15.9. The molecule has 0 fully saturated rings. The van der Waals surface area contributed by atoms with Crippen molar-refractivity contribution in [1.29, 1.82) is 0 Å². The second-order valence-electron chi connectivity index (χ2n) is 7.55. The number of rotatable bonds is 8. The molecule has 0 aromatic heterocycles. The van der Waals surface area contributed by atoms with Crippen molar-refractivity contribution in [2.45, 2.75) is 90.3 Å². The van der Waals surface area contributed by atoms with E-state index in [-0.39, 0.29) is 5.22 Å². The van der Waals surface area contributed by atoms with Gasteiger partial charge >= 0.3 is 8.68 Å². The molecule has 0 N–H and O–H groups in total. The van der Waals surface area contributed by atoms with Gasteiger partial charge in [-0.3, -0.25) is 0 Å². The van der Waals surface area contributed by atoms with Gasteiger partial charge in [-0.1, -0.05) is 13.8 Å². The van der Waals surface area contributed by atoms with Crippen molar-refractivity contribution in [1.82, 2.24) is 0 Å². The second kappa shape index (κ2) is 6.64. The minimum Gasteiger partial charge on any atom is -0.412 e. The summed E-state index contributed by atoms with van der Waals surface area (Å²) >= 11 is 0. The Kier molecular flexibility index (Phi) is 6.77. The summed E-state index contributed by atoms with van der Waals surface area (Å²) in [6.45, 7) is 21.3. The first-order valence-electron chi connectivity index (χ1n) is 7.64. The number of hydrogen-bond acceptors (Lipinski definition) is 3. The highest BCUT2D eigenvalue weighted by atomic mass is 28.4. The highest BCUT2D eigenvalue weighted by Crippen LogP contribution is 2.36. The van der Waals surface area contributed by atoms with E-state index in [1.807, 2.05) is 6.92 Å². The van der Waals surface area contributed by atoms with Crippen molar-refractivity contribution in [2.24, 2.45) is 0 Å². The van der Waals surface area contributed by atoms with E-state index < -0.39 is 30.5 Å². The summed E-state index contributed by atoms with van der Waals surface area (Å²) in [6, 6.07) is 0. The third-order valence-electron chi connectivity index (χ3n) is 4.38. The van der Waals surface area contributed by atoms with Crippen LogP contribution in [0.4, 0.5) is 0 Å². The largest absolute Gasteiger partial charge is 0.412 e. The van der Waals surface area contributed by atoms with Crippen LogP contribution in [0, 0.1) is 0 Å². The second-order valence-corrected chi connectivity index (χ2v) is 18.4. The van der Waals surface area contributed by atoms with Crippen molar-refractivity contribution in [3.05, 3.63) is 0 Å². The Morgan fingerprint density at radius 2 is 1.40 bits per heavy atom. The molecule has 1 unspecified atom stereocenters. The fraction of sp³-hybridized carbons (Fsp3) is 1.00. The molecule has 0 heterocycles. The third-order valence-corrected chi connectivity index (χ3v) is 11.8. The maximum absolute atomic E-state index is 12.1. The zero-order valence-corrected chi connectivity index (χ0v) is 18.1. The molecule has 0 bridgehead atoms. The molecule has 0 saturated carbocycles. The molecule has 0 aliphatic carbocycles. The van der Waals surface area contributed by atoms with Gasteiger partial charge in [0.05, 0.1) is 10.4 Å². The van der Waals surface area contributed by atoms with Crippen LogP contribution in [-0.4, -0.2) is 35.8 Å². The zero-order valence-electron chi connectivity index (χ0n) is 15.1. The molecular formula is C14H34O3Si3. The molecule has 20 heavy (non-hydrogen) atoms. The molecule has 2 atom stereocenters. The van der Waals surface area contributed by atoms with Crippen LogP contribution in [0.1, 0.15) is 40.5 Å². The molecule has 6 heteroatoms. The van der Waals surface area contributed by atoms with Crippen LogP contribution in [0.5, 0.6) is 0 Å². The smallest absolute Gasteiger partial charge is 0.305 e. The van der Waals surface area contributed by atoms with Gasteiger partial charge in [-0.25, -0.2) is 0 Å². The van der Waals surface area contributed by atoms with Crippen molar-refractivity contribution >= 4 is 25.3 Å². The topological polar surface area (TPSA) is 35.5 Å². The quantitative estimate of drug-likeness (QED) is 0.612. The molecule has 0 aromatic carbocycles. The van der Waals surface area contributed by atoms with E-state index >= 15 is 0 Å². The Morgan fingerprint density at radius 1 is 0.950 bits per heavy atom. The zero-order chi connectivity index (χ0) is 16.4. The highest BCUT2D eigenvalue weighted by Gasteiger charge is 2.51. The maximum atomic E-state index is 12.1. The van der Waals surface area contributed by atoms with Gasteiger partial charge in [-0.15, -0.1) is 0 Å². The Morgan fingerprint density at radius 3 is 1.65 bits per heavy atom. The van der Waals surface area contributed by atoms with Gasteiger partial charge in [0.15, 0.2) is 8.32 Å². The molecule has 0 amide bonds. The van der Waals surface area contributed by atoms with E-state index in [9.17, 15) is 4.46 Å². The van der Waals surface area contributed by atoms with Crippen molar-refractivity contribution in [3.63, 3.8) is 0 Å². The van der Waals surface area contributed by atoms with E-state index in [4.69, 9.17) is 8.85 Å². The average molecular weight is 335 g/mol. The minimum absolute atomic E-state index is 0.231. The predicted octanol–water partition coefficient (Wildman–Crippen LogP) is 4.53. The Hall–Kier alpha value is 0.371. The lowest BCUT2D eigenvalue weighted by Gasteiger charge is -2.48. The van der Waals surface area contributed by atoms with E-state index in [1.54, 1.807) is 6.55 Å². The van der Waals surface area contributed by atoms with Crippen LogP contribution >= 0.6 is 0 Å². The molecule has 0 aromatic rings. The monoisotopic (exact) mass is 334 g/mol. The minimum atomic E-state index is -2.15. The lowest BCUT2D eigenvalue weighted by atomic mass is 10.3. The number of hydrogen-bond donors (Lipinski definition) is 0. The van der Waals surface area contributed by atoms with E-state index in [0.717, 1.165) is 12.8 Å². The van der Waals surface area contributed by atoms with E-state index in [2.05, 4.69) is 53.5 Å². The summed E-state index contributed by atoms with van der Waals surface area (Å²) in [7, 11) is -5.55. The fourth-order valence-electron chi connectivity index (χ4n) is 2.36. The van der Waals surface area contributed by atoms with Gasteiger partial charge in [0, 0.05) is 0 Å². The standard InChI is InChI=1S/C14H34O3Si3/c1-11-13(3,18(5)15)16-20(9,10)14(4,12-2)17-19(6,7)8/h11-12H2,1-10H3/t13?,14-/m1/s1. The first kappa shape index (κ1) is 20.4. The van der Waals surface area contributed by atoms with Gasteiger partial charge in [-0.2, -0.15) is 0 Å². The van der Waals surface area contributed by atoms with Gasteiger partial charge < -0.3 is 13.3 Å². The summed E-state index contributed by atoms with van der Waals surface area (Å²) in [5.74, 6) is 0. The fourth-order valence-corrected chi connectivity index (χ4v) is 9.93. The average Bonchev–Trinajstić information content (AvgIpc) is 2.25. The highest BCUT2D eigenvalue weighted by molar-refractivity contribution is 6.77. The first-order chi connectivity index (χ1) is 8.73. The summed E-state index contributed by atoms with van der Waals surface area (Å²) in [6.07, 6.45) is 1.71. The van der Waals surface area contributed by atoms with Gasteiger partial charge in [0.1, 0.15) is 0 Å². The molecule has 0 rings (SSSR count). The third kappa shape index (κ3) is 4.98. The lowest BCUT2D eigenvalue weighted by Crippen LogP contribution is -2.63. The molecule has 0 saturated heterocycles. The molecule has 0 spiro atoms. The van der Waals surface area contributed by atoms with Crippen LogP contribution in [0.25, 0.3) is 0 Å². The summed E-state index contributed by atoms with van der Waals surface area (Å²) < 4.78 is 25.1. The lowest BCUT2D eigenvalue weighted by molar-refractivity contribution is 0.0764. The van der Waals surface area contributed by atoms with Crippen LogP contribution in [0.2, 0.25) is 39.3 Å². The summed E-state index contributed by atoms with van der Waals surface area (Å²) in [5.41, 5.74) is 0. The van der Waals surface area contributed by atoms with E-state index in [1.165, 1.54) is 0 Å². The molecule has 0 aliphatic rings. The molecule has 0 radical (unpaired) electrons. The molecule has 3 nitrogen and oxygen atoms in total. The van der Waals surface area contributed by atoms with Crippen LogP contribution < -0.4 is 0 Å². The SMILES string of the molecule is CCC(C)(O[Si](C)(C)[C@](C)(CC)O[Si](C)(C)C)[Si](C)=O. The van der Waals surface area contributed by atoms with Crippen molar-refractivity contribution in [3.8, 4) is 0 Å². The van der Waals surface area contributed by atoms with Crippen molar-refractivity contribution in [2.75, 3.05) is 0 Å². The Labute approximate surface area is 129 Å². The molecular weight excluding hydrogens is 300 g/mol. The maximum Gasteiger partial charge on any atom is 0.305 e. The molecule has 0 aliphatic heterocycles. The Balaban J connectivity index is 5.41. The van der Waals surface area contributed by atoms with Gasteiger partial charge in [0.25, 0.3) is 0 Å². The summed E-state index contributed by atoms with van der Waals surface area (Å²) in [4.78, 5) is 0. The van der Waals surface area contributed by atoms with Crippen LogP contribution in [0.15, 0.2) is 0 Å². The Bertz CT molecular complexity index is 352. The van der Waals surface area contributed by atoms with Gasteiger partial charge in [0.2, 0.25) is 8.32 Å². The van der Waals surface area contributed by atoms with Gasteiger partial charge in [-0.05, 0) is 66.0 Å². The normalized spacial score (nSPS) is 19.3.